The van der Waals surface area contributed by atoms with Gasteiger partial charge in [0.15, 0.2) is 0 Å². The molecule has 164 valence electrons. The molecule has 8 nitrogen and oxygen atoms in total. The lowest BCUT2D eigenvalue weighted by molar-refractivity contribution is -0.120. The highest BCUT2D eigenvalue weighted by atomic mass is 35.5. The molecule has 2 N–H and O–H groups in total. The van der Waals surface area contributed by atoms with Crippen molar-refractivity contribution in [2.75, 3.05) is 7.05 Å². The van der Waals surface area contributed by atoms with Crippen molar-refractivity contribution >= 4 is 17.5 Å². The molecule has 0 atom stereocenters. The Labute approximate surface area is 185 Å². The van der Waals surface area contributed by atoms with Crippen LogP contribution in [0.1, 0.15) is 33.7 Å². The Hall–Kier alpha value is -2.97. The average Bonchev–Trinajstić information content (AvgIpc) is 3.16. The minimum Gasteiger partial charge on any atom is -0.361 e. The van der Waals surface area contributed by atoms with Gasteiger partial charge in [-0.15, -0.1) is 0 Å². The summed E-state index contributed by atoms with van der Waals surface area (Å²) in [5.74, 6) is 0.448. The van der Waals surface area contributed by atoms with Gasteiger partial charge in [-0.1, -0.05) is 22.8 Å². The minimum absolute atomic E-state index is 0.0173. The zero-order valence-electron chi connectivity index (χ0n) is 17.9. The molecular formula is C22H26ClN5O3. The van der Waals surface area contributed by atoms with Gasteiger partial charge in [-0.05, 0) is 49.7 Å². The highest BCUT2D eigenvalue weighted by Gasteiger charge is 2.14. The first-order chi connectivity index (χ1) is 14.9. The number of nitrogens with one attached hydrogen (secondary N) is 2. The number of hydrogen-bond donors (Lipinski definition) is 2. The van der Waals surface area contributed by atoms with Gasteiger partial charge in [0.2, 0.25) is 5.91 Å². The number of aromatic nitrogens is 3. The molecular weight excluding hydrogens is 418 g/mol. The van der Waals surface area contributed by atoms with Gasteiger partial charge in [0, 0.05) is 36.2 Å². The highest BCUT2D eigenvalue weighted by Crippen LogP contribution is 2.16. The van der Waals surface area contributed by atoms with E-state index in [1.165, 1.54) is 4.68 Å². The summed E-state index contributed by atoms with van der Waals surface area (Å²) in [6, 6.07) is 7.42. The molecule has 0 spiro atoms. The van der Waals surface area contributed by atoms with E-state index in [4.69, 9.17) is 16.1 Å². The van der Waals surface area contributed by atoms with Crippen LogP contribution in [-0.4, -0.2) is 27.9 Å². The van der Waals surface area contributed by atoms with Gasteiger partial charge in [-0.2, -0.15) is 5.10 Å². The zero-order valence-corrected chi connectivity index (χ0v) is 18.6. The van der Waals surface area contributed by atoms with Gasteiger partial charge >= 0.3 is 0 Å². The van der Waals surface area contributed by atoms with Crippen LogP contribution in [0.5, 0.6) is 0 Å². The van der Waals surface area contributed by atoms with E-state index in [2.05, 4.69) is 20.9 Å². The van der Waals surface area contributed by atoms with E-state index in [1.807, 2.05) is 38.2 Å². The molecule has 3 aromatic rings. The Kier molecular flexibility index (Phi) is 7.59. The number of aryl methyl sites for hydroxylation is 4. The minimum atomic E-state index is -0.273. The molecule has 2 aromatic heterocycles. The topological polar surface area (TPSA) is 102 Å². The summed E-state index contributed by atoms with van der Waals surface area (Å²) in [7, 11) is 1.86. The molecule has 0 saturated heterocycles. The highest BCUT2D eigenvalue weighted by molar-refractivity contribution is 6.30. The van der Waals surface area contributed by atoms with Crippen LogP contribution in [0.4, 0.5) is 0 Å². The normalized spacial score (nSPS) is 11.0. The summed E-state index contributed by atoms with van der Waals surface area (Å²) in [6.07, 6.45) is 2.08. The molecule has 3 rings (SSSR count). The largest absolute Gasteiger partial charge is 0.361 e. The van der Waals surface area contributed by atoms with Gasteiger partial charge < -0.3 is 15.2 Å². The Morgan fingerprint density at radius 2 is 2.00 bits per heavy atom. The number of hydrogen-bond acceptors (Lipinski definition) is 6. The number of nitrogens with zero attached hydrogens (tertiary/aromatic N) is 3. The summed E-state index contributed by atoms with van der Waals surface area (Å²) in [6.45, 7) is 4.97. The van der Waals surface area contributed by atoms with Crippen LogP contribution in [0.25, 0.3) is 0 Å². The van der Waals surface area contributed by atoms with E-state index in [9.17, 15) is 9.59 Å². The molecule has 2 heterocycles. The van der Waals surface area contributed by atoms with E-state index in [0.29, 0.717) is 48.0 Å². The van der Waals surface area contributed by atoms with E-state index < -0.39 is 0 Å². The van der Waals surface area contributed by atoms with Crippen LogP contribution in [0.3, 0.4) is 0 Å². The molecule has 0 unspecified atom stereocenters. The maximum Gasteiger partial charge on any atom is 0.270 e. The fourth-order valence-electron chi connectivity index (χ4n) is 3.27. The molecule has 1 amide bonds. The first kappa shape index (κ1) is 22.7. The van der Waals surface area contributed by atoms with E-state index >= 15 is 0 Å². The third kappa shape index (κ3) is 6.02. The van der Waals surface area contributed by atoms with Crippen LogP contribution >= 0.6 is 11.6 Å². The predicted molar refractivity (Wildman–Crippen MR) is 118 cm³/mol. The SMILES string of the molecule is CNCc1ccc(Cl)cc1CNC(=O)Cc1c(C)cnn(CCc2cc(C)no2)c1=O. The first-order valence-corrected chi connectivity index (χ1v) is 10.4. The lowest BCUT2D eigenvalue weighted by Crippen LogP contribution is -2.32. The second-order valence-corrected chi connectivity index (χ2v) is 7.85. The number of carbonyl (C=O) groups excluding carboxylic acids is 1. The Balaban J connectivity index is 1.67. The molecule has 1 aromatic carbocycles. The Morgan fingerprint density at radius 3 is 2.71 bits per heavy atom. The lowest BCUT2D eigenvalue weighted by Gasteiger charge is -2.12. The smallest absolute Gasteiger partial charge is 0.270 e. The molecule has 0 aliphatic heterocycles. The number of amides is 1. The van der Waals surface area contributed by atoms with E-state index in [0.717, 1.165) is 16.8 Å². The van der Waals surface area contributed by atoms with Crippen molar-refractivity contribution in [2.24, 2.45) is 0 Å². The second kappa shape index (κ2) is 10.4. The van der Waals surface area contributed by atoms with Gasteiger partial charge in [-0.3, -0.25) is 9.59 Å². The summed E-state index contributed by atoms with van der Waals surface area (Å²) in [5.41, 5.74) is 3.62. The molecule has 0 aliphatic carbocycles. The van der Waals surface area contributed by atoms with Gasteiger partial charge in [0.1, 0.15) is 5.76 Å². The van der Waals surface area contributed by atoms with Crippen LogP contribution in [0, 0.1) is 13.8 Å². The standard InChI is InChI=1S/C22H26ClN5O3/c1-14-11-26-28(7-6-19-8-15(2)27-31-19)22(30)20(14)10-21(29)25-13-17-9-18(23)5-4-16(17)12-24-3/h4-5,8-9,11,24H,6-7,10,12-13H2,1-3H3,(H,25,29). The van der Waals surface area contributed by atoms with Crippen molar-refractivity contribution in [3.63, 3.8) is 0 Å². The van der Waals surface area contributed by atoms with Crippen molar-refractivity contribution in [1.29, 1.82) is 0 Å². The fourth-order valence-corrected chi connectivity index (χ4v) is 3.47. The van der Waals surface area contributed by atoms with Crippen molar-refractivity contribution in [3.8, 4) is 0 Å². The summed E-state index contributed by atoms with van der Waals surface area (Å²) < 4.78 is 6.54. The van der Waals surface area contributed by atoms with E-state index in [1.54, 1.807) is 13.1 Å². The Bertz CT molecular complexity index is 1120. The van der Waals surface area contributed by atoms with Crippen LogP contribution in [0.2, 0.25) is 5.02 Å². The number of rotatable bonds is 9. The maximum absolute atomic E-state index is 12.9. The van der Waals surface area contributed by atoms with Gasteiger partial charge in [0.05, 0.1) is 24.9 Å². The maximum atomic E-state index is 12.9. The Morgan fingerprint density at radius 1 is 1.19 bits per heavy atom. The van der Waals surface area contributed by atoms with Gasteiger partial charge in [0.25, 0.3) is 5.56 Å². The van der Waals surface area contributed by atoms with Crippen LogP contribution < -0.4 is 16.2 Å². The quantitative estimate of drug-likeness (QED) is 0.526. The third-order valence-corrected chi connectivity index (χ3v) is 5.19. The second-order valence-electron chi connectivity index (χ2n) is 7.42. The van der Waals surface area contributed by atoms with Crippen molar-refractivity contribution in [2.45, 2.75) is 46.3 Å². The van der Waals surface area contributed by atoms with Crippen molar-refractivity contribution in [1.82, 2.24) is 25.6 Å². The van der Waals surface area contributed by atoms with E-state index in [-0.39, 0.29) is 17.9 Å². The fraction of sp³-hybridized carbons (Fsp3) is 0.364. The lowest BCUT2D eigenvalue weighted by atomic mass is 10.1. The molecule has 31 heavy (non-hydrogen) atoms. The first-order valence-electron chi connectivity index (χ1n) is 10.0. The summed E-state index contributed by atoms with van der Waals surface area (Å²) in [4.78, 5) is 25.4. The summed E-state index contributed by atoms with van der Waals surface area (Å²) >= 11 is 6.10. The molecule has 0 radical (unpaired) electrons. The molecule has 0 aliphatic rings. The number of halogens is 1. The molecule has 0 fully saturated rings. The number of carbonyl (C=O) groups is 1. The van der Waals surface area contributed by atoms with Crippen LogP contribution in [-0.2, 0) is 37.3 Å². The molecule has 0 bridgehead atoms. The monoisotopic (exact) mass is 443 g/mol. The molecule has 0 saturated carbocycles. The zero-order chi connectivity index (χ0) is 22.4. The third-order valence-electron chi connectivity index (χ3n) is 4.96. The summed E-state index contributed by atoms with van der Waals surface area (Å²) in [5, 5.41) is 14.6. The van der Waals surface area contributed by atoms with Crippen LogP contribution in [0.15, 0.2) is 39.8 Å². The predicted octanol–water partition coefficient (Wildman–Crippen LogP) is 2.32. The molecule has 9 heteroatoms. The average molecular weight is 444 g/mol. The van der Waals surface area contributed by atoms with Crippen molar-refractivity contribution < 1.29 is 9.32 Å². The van der Waals surface area contributed by atoms with Gasteiger partial charge in [-0.25, -0.2) is 4.68 Å². The van der Waals surface area contributed by atoms with Crippen molar-refractivity contribution in [3.05, 3.63) is 79.5 Å². The number of benzene rings is 1.